The first-order chi connectivity index (χ1) is 10.2. The quantitative estimate of drug-likeness (QED) is 0.815. The zero-order valence-electron chi connectivity index (χ0n) is 11.1. The molecule has 4 nitrogen and oxygen atoms in total. The molecule has 1 fully saturated rings. The molecule has 0 radical (unpaired) electrons. The lowest BCUT2D eigenvalue weighted by molar-refractivity contribution is -0.123. The minimum absolute atomic E-state index is 0.232. The van der Waals surface area contributed by atoms with E-state index < -0.39 is 0 Å². The fraction of sp³-hybridized carbons (Fsp3) is 0.0625. The Morgan fingerprint density at radius 1 is 1.05 bits per heavy atom. The molecule has 2 aromatic rings. The summed E-state index contributed by atoms with van der Waals surface area (Å²) in [5, 5.41) is -0.232. The van der Waals surface area contributed by atoms with E-state index in [2.05, 4.69) is 4.98 Å². The number of hydrogen-bond acceptors (Lipinski definition) is 4. The Labute approximate surface area is 126 Å². The van der Waals surface area contributed by atoms with E-state index in [9.17, 15) is 9.59 Å². The Morgan fingerprint density at radius 2 is 1.76 bits per heavy atom. The number of hydrogen-bond donors (Lipinski definition) is 0. The number of rotatable bonds is 3. The van der Waals surface area contributed by atoms with Crippen LogP contribution in [-0.4, -0.2) is 21.0 Å². The number of amides is 2. The molecule has 3 rings (SSSR count). The first kappa shape index (κ1) is 13.6. The molecule has 0 N–H and O–H groups in total. The van der Waals surface area contributed by atoms with E-state index in [-0.39, 0.29) is 11.1 Å². The van der Waals surface area contributed by atoms with Crippen molar-refractivity contribution in [2.24, 2.45) is 0 Å². The van der Waals surface area contributed by atoms with Crippen molar-refractivity contribution in [2.45, 2.75) is 6.54 Å². The highest BCUT2D eigenvalue weighted by Gasteiger charge is 2.34. The molecular weight excluding hydrogens is 284 g/mol. The molecule has 1 saturated heterocycles. The van der Waals surface area contributed by atoms with Gasteiger partial charge >= 0.3 is 0 Å². The summed E-state index contributed by atoms with van der Waals surface area (Å²) in [7, 11) is 0. The average Bonchev–Trinajstić information content (AvgIpc) is 2.77. The maximum atomic E-state index is 12.3. The van der Waals surface area contributed by atoms with Gasteiger partial charge < -0.3 is 0 Å². The van der Waals surface area contributed by atoms with Gasteiger partial charge in [-0.15, -0.1) is 0 Å². The normalized spacial score (nSPS) is 16.8. The summed E-state index contributed by atoms with van der Waals surface area (Å²) in [6.07, 6.45) is 5.03. The lowest BCUT2D eigenvalue weighted by atomic mass is 10.2. The molecule has 1 aliphatic heterocycles. The van der Waals surface area contributed by atoms with E-state index in [4.69, 9.17) is 0 Å². The average molecular weight is 296 g/mol. The smallest absolute Gasteiger partial charge is 0.268 e. The topological polar surface area (TPSA) is 50.3 Å². The number of nitrogens with zero attached hydrogens (tertiary/aromatic N) is 2. The molecular formula is C16H12N2O2S. The number of pyridine rings is 1. The predicted molar refractivity (Wildman–Crippen MR) is 82.2 cm³/mol. The van der Waals surface area contributed by atoms with Crippen LogP contribution in [0.2, 0.25) is 0 Å². The molecule has 1 aromatic heterocycles. The third-order valence-corrected chi connectivity index (χ3v) is 3.97. The van der Waals surface area contributed by atoms with Crippen LogP contribution in [0.5, 0.6) is 0 Å². The van der Waals surface area contributed by atoms with Crippen LogP contribution in [0.15, 0.2) is 59.8 Å². The van der Waals surface area contributed by atoms with Gasteiger partial charge in [-0.1, -0.05) is 30.3 Å². The molecule has 0 saturated carbocycles. The van der Waals surface area contributed by atoms with Gasteiger partial charge in [0.15, 0.2) is 0 Å². The van der Waals surface area contributed by atoms with Crippen molar-refractivity contribution in [1.29, 1.82) is 0 Å². The van der Waals surface area contributed by atoms with E-state index in [1.807, 2.05) is 30.3 Å². The molecule has 2 amide bonds. The molecule has 0 spiro atoms. The summed E-state index contributed by atoms with van der Waals surface area (Å²) < 4.78 is 0. The van der Waals surface area contributed by atoms with Gasteiger partial charge in [0.05, 0.1) is 11.4 Å². The minimum Gasteiger partial charge on any atom is -0.268 e. The van der Waals surface area contributed by atoms with Crippen molar-refractivity contribution in [1.82, 2.24) is 9.88 Å². The molecule has 5 heteroatoms. The number of carbonyl (C=O) groups is 2. The predicted octanol–water partition coefficient (Wildman–Crippen LogP) is 3.32. The van der Waals surface area contributed by atoms with Crippen LogP contribution >= 0.6 is 11.8 Å². The molecule has 0 unspecified atom stereocenters. The highest BCUT2D eigenvalue weighted by atomic mass is 32.2. The summed E-state index contributed by atoms with van der Waals surface area (Å²) in [5.41, 5.74) is 1.79. The number of imide groups is 1. The summed E-state index contributed by atoms with van der Waals surface area (Å²) >= 11 is 0.974. The Bertz CT molecular complexity index is 699. The molecule has 1 aliphatic rings. The van der Waals surface area contributed by atoms with E-state index in [0.29, 0.717) is 11.4 Å². The zero-order chi connectivity index (χ0) is 14.7. The van der Waals surface area contributed by atoms with Gasteiger partial charge in [-0.2, -0.15) is 0 Å². The number of aromatic nitrogens is 1. The van der Waals surface area contributed by atoms with Crippen LogP contribution < -0.4 is 0 Å². The molecule has 1 aromatic carbocycles. The van der Waals surface area contributed by atoms with Crippen LogP contribution in [0.4, 0.5) is 4.79 Å². The molecule has 0 bridgehead atoms. The third kappa shape index (κ3) is 3.03. The van der Waals surface area contributed by atoms with Gasteiger partial charge in [-0.05, 0) is 41.1 Å². The second-order valence-electron chi connectivity index (χ2n) is 4.53. The van der Waals surface area contributed by atoms with Crippen LogP contribution in [0.1, 0.15) is 11.1 Å². The Hall–Kier alpha value is -2.40. The third-order valence-electron chi connectivity index (χ3n) is 3.06. The first-order valence-electron chi connectivity index (χ1n) is 6.43. The Morgan fingerprint density at radius 3 is 2.48 bits per heavy atom. The monoisotopic (exact) mass is 296 g/mol. The molecule has 21 heavy (non-hydrogen) atoms. The van der Waals surface area contributed by atoms with Crippen molar-refractivity contribution in [3.05, 3.63) is 70.9 Å². The lowest BCUT2D eigenvalue weighted by Gasteiger charge is -2.12. The van der Waals surface area contributed by atoms with E-state index in [1.165, 1.54) is 4.90 Å². The Balaban J connectivity index is 1.81. The standard InChI is InChI=1S/C16H12N2O2S/c19-15-14(10-12-6-8-17-9-7-12)21-16(20)18(15)11-13-4-2-1-3-5-13/h1-10H,11H2/b14-10-. The zero-order valence-corrected chi connectivity index (χ0v) is 11.9. The number of benzene rings is 1. The Kier molecular flexibility index (Phi) is 3.83. The summed E-state index contributed by atoms with van der Waals surface area (Å²) in [5.74, 6) is -0.245. The number of thioether (sulfide) groups is 1. The summed E-state index contributed by atoms with van der Waals surface area (Å²) in [4.78, 5) is 30.0. The maximum absolute atomic E-state index is 12.3. The van der Waals surface area contributed by atoms with E-state index >= 15 is 0 Å². The van der Waals surface area contributed by atoms with Crippen molar-refractivity contribution in [3.8, 4) is 0 Å². The molecule has 104 valence electrons. The molecule has 0 aliphatic carbocycles. The van der Waals surface area contributed by atoms with Gasteiger partial charge in [0, 0.05) is 12.4 Å². The molecule has 0 atom stereocenters. The van der Waals surface area contributed by atoms with Crippen LogP contribution in [0, 0.1) is 0 Å². The van der Waals surface area contributed by atoms with Gasteiger partial charge in [0.2, 0.25) is 0 Å². The van der Waals surface area contributed by atoms with E-state index in [1.54, 1.807) is 30.6 Å². The van der Waals surface area contributed by atoms with Crippen LogP contribution in [-0.2, 0) is 11.3 Å². The SMILES string of the molecule is O=C1S/C(=C\c2ccncc2)C(=O)N1Cc1ccccc1. The van der Waals surface area contributed by atoms with Crippen molar-refractivity contribution < 1.29 is 9.59 Å². The fourth-order valence-corrected chi connectivity index (χ4v) is 2.85. The summed E-state index contributed by atoms with van der Waals surface area (Å²) in [6, 6.07) is 13.1. The fourth-order valence-electron chi connectivity index (χ4n) is 2.01. The molecule has 2 heterocycles. The van der Waals surface area contributed by atoms with Crippen LogP contribution in [0.3, 0.4) is 0 Å². The van der Waals surface area contributed by atoms with E-state index in [0.717, 1.165) is 22.9 Å². The highest BCUT2D eigenvalue weighted by molar-refractivity contribution is 8.18. The summed E-state index contributed by atoms with van der Waals surface area (Å²) in [6.45, 7) is 0.305. The second kappa shape index (κ2) is 5.93. The van der Waals surface area contributed by atoms with Crippen LogP contribution in [0.25, 0.3) is 6.08 Å². The lowest BCUT2D eigenvalue weighted by Crippen LogP contribution is -2.27. The minimum atomic E-state index is -0.245. The van der Waals surface area contributed by atoms with Crippen molar-refractivity contribution >= 4 is 29.0 Å². The van der Waals surface area contributed by atoms with Gasteiger partial charge in [0.1, 0.15) is 0 Å². The first-order valence-corrected chi connectivity index (χ1v) is 7.25. The second-order valence-corrected chi connectivity index (χ2v) is 5.53. The van der Waals surface area contributed by atoms with Crippen molar-refractivity contribution in [3.63, 3.8) is 0 Å². The number of carbonyl (C=O) groups excluding carboxylic acids is 2. The highest BCUT2D eigenvalue weighted by Crippen LogP contribution is 2.33. The van der Waals surface area contributed by atoms with Gasteiger partial charge in [0.25, 0.3) is 11.1 Å². The largest absolute Gasteiger partial charge is 0.293 e. The maximum Gasteiger partial charge on any atom is 0.293 e. The van der Waals surface area contributed by atoms with Crippen molar-refractivity contribution in [2.75, 3.05) is 0 Å². The van der Waals surface area contributed by atoms with Gasteiger partial charge in [-0.25, -0.2) is 0 Å². The van der Waals surface area contributed by atoms with Gasteiger partial charge in [-0.3, -0.25) is 19.5 Å².